The second-order valence-electron chi connectivity index (χ2n) is 5.91. The highest BCUT2D eigenvalue weighted by Gasteiger charge is 2.17. The number of hydrogen-bond donors (Lipinski definition) is 3. The van der Waals surface area contributed by atoms with E-state index in [2.05, 4.69) is 17.1 Å². The number of rotatable bonds is 6. The Kier molecular flexibility index (Phi) is 6.53. The first-order valence-electron chi connectivity index (χ1n) is 8.40. The van der Waals surface area contributed by atoms with Crippen molar-refractivity contribution in [2.24, 2.45) is 11.7 Å². The van der Waals surface area contributed by atoms with Crippen LogP contribution in [0.25, 0.3) is 11.3 Å². The van der Waals surface area contributed by atoms with Crippen LogP contribution in [-0.4, -0.2) is 17.3 Å². The van der Waals surface area contributed by atoms with Crippen LogP contribution in [0, 0.1) is 6.92 Å². The molecule has 28 heavy (non-hydrogen) atoms. The maximum atomic E-state index is 11.8. The second kappa shape index (κ2) is 9.07. The molecule has 0 saturated carbocycles. The van der Waals surface area contributed by atoms with Gasteiger partial charge in [0.25, 0.3) is 5.19 Å². The highest BCUT2D eigenvalue weighted by molar-refractivity contribution is 7.98. The van der Waals surface area contributed by atoms with Crippen molar-refractivity contribution in [3.63, 3.8) is 0 Å². The van der Waals surface area contributed by atoms with Gasteiger partial charge in [-0.3, -0.25) is 5.43 Å². The molecule has 0 unspecified atom stereocenters. The summed E-state index contributed by atoms with van der Waals surface area (Å²) in [6.07, 6.45) is 2.04. The van der Waals surface area contributed by atoms with E-state index in [0.717, 1.165) is 27.4 Å². The Hall–Kier alpha value is -2.59. The molecule has 2 aromatic carbocycles. The zero-order valence-corrected chi connectivity index (χ0v) is 17.1. The van der Waals surface area contributed by atoms with Crippen LogP contribution >= 0.6 is 23.1 Å². The van der Waals surface area contributed by atoms with Gasteiger partial charge in [-0.25, -0.2) is 26.5 Å². The highest BCUT2D eigenvalue weighted by Crippen LogP contribution is 2.30. The summed E-state index contributed by atoms with van der Waals surface area (Å²) in [4.78, 5) is 17.5. The summed E-state index contributed by atoms with van der Waals surface area (Å²) in [6.45, 7) is 2.16. The Morgan fingerprint density at radius 2 is 2.11 bits per heavy atom. The van der Waals surface area contributed by atoms with E-state index < -0.39 is 6.03 Å². The molecule has 146 valence electrons. The Morgan fingerprint density at radius 3 is 2.86 bits per heavy atom. The molecular formula is C19H21N5O2S2. The van der Waals surface area contributed by atoms with Crippen LogP contribution < -0.4 is 26.9 Å². The van der Waals surface area contributed by atoms with Gasteiger partial charge in [-0.2, -0.15) is 0 Å². The van der Waals surface area contributed by atoms with Crippen LogP contribution in [0.4, 0.5) is 10.5 Å². The molecule has 0 aliphatic rings. The van der Waals surface area contributed by atoms with E-state index in [1.807, 2.05) is 48.3 Å². The first kappa shape index (κ1) is 20.2. The lowest BCUT2D eigenvalue weighted by molar-refractivity contribution is 0.246. The Labute approximate surface area is 171 Å². The number of nitrogens with zero attached hydrogens (tertiary/aromatic N) is 2. The monoisotopic (exact) mass is 415 g/mol. The van der Waals surface area contributed by atoms with E-state index in [0.29, 0.717) is 10.9 Å². The normalized spacial score (nSPS) is 10.6. The molecule has 3 aromatic rings. The van der Waals surface area contributed by atoms with Gasteiger partial charge in [-0.05, 0) is 36.9 Å². The number of thioether (sulfide) groups is 1. The van der Waals surface area contributed by atoms with Crippen LogP contribution in [0.1, 0.15) is 11.1 Å². The van der Waals surface area contributed by atoms with E-state index in [-0.39, 0.29) is 6.61 Å². The summed E-state index contributed by atoms with van der Waals surface area (Å²) in [5.74, 6) is 11.0. The van der Waals surface area contributed by atoms with E-state index >= 15 is 0 Å². The molecule has 7 nitrogen and oxygen atoms in total. The quantitative estimate of drug-likeness (QED) is 0.245. The summed E-state index contributed by atoms with van der Waals surface area (Å²) in [5, 5.41) is 3.47. The van der Waals surface area contributed by atoms with Crippen molar-refractivity contribution >= 4 is 34.8 Å². The van der Waals surface area contributed by atoms with Gasteiger partial charge >= 0.3 is 6.03 Å². The zero-order valence-electron chi connectivity index (χ0n) is 15.5. The number of nitrogens with two attached hydrogens (primary N) is 2. The molecule has 0 fully saturated rings. The third-order valence-electron chi connectivity index (χ3n) is 4.18. The van der Waals surface area contributed by atoms with Crippen LogP contribution in [0.3, 0.4) is 0 Å². The highest BCUT2D eigenvalue weighted by atomic mass is 32.2. The molecule has 3 rings (SSSR count). The number of anilines is 1. The summed E-state index contributed by atoms with van der Waals surface area (Å²) < 4.78 is 5.89. The number of nitrogens with one attached hydrogen (secondary N) is 1. The zero-order chi connectivity index (χ0) is 20.1. The van der Waals surface area contributed by atoms with Crippen molar-refractivity contribution in [3.05, 3.63) is 59.0 Å². The molecule has 2 amide bonds. The molecule has 0 atom stereocenters. The van der Waals surface area contributed by atoms with Crippen molar-refractivity contribution in [1.29, 1.82) is 0 Å². The summed E-state index contributed by atoms with van der Waals surface area (Å²) >= 11 is 3.11. The smallest absolute Gasteiger partial charge is 0.350 e. The molecule has 1 heterocycles. The van der Waals surface area contributed by atoms with Crippen molar-refractivity contribution < 1.29 is 9.53 Å². The maximum Gasteiger partial charge on any atom is 0.350 e. The molecule has 0 radical (unpaired) electrons. The molecule has 1 aromatic heterocycles. The van der Waals surface area contributed by atoms with E-state index in [9.17, 15) is 4.79 Å². The number of ether oxygens (including phenoxy) is 1. The number of aromatic nitrogens is 1. The Morgan fingerprint density at radius 1 is 1.32 bits per heavy atom. The first-order chi connectivity index (χ1) is 13.5. The number of hydrazine groups is 2. The van der Waals surface area contributed by atoms with Crippen LogP contribution in [0.15, 0.2) is 52.7 Å². The second-order valence-corrected chi connectivity index (χ2v) is 7.61. The van der Waals surface area contributed by atoms with Crippen LogP contribution in [0.2, 0.25) is 0 Å². The van der Waals surface area contributed by atoms with E-state index in [4.69, 9.17) is 16.4 Å². The minimum atomic E-state index is -0.614. The van der Waals surface area contributed by atoms with Crippen molar-refractivity contribution in [2.45, 2.75) is 18.4 Å². The average molecular weight is 416 g/mol. The lowest BCUT2D eigenvalue weighted by atomic mass is 10.1. The maximum absolute atomic E-state index is 11.8. The van der Waals surface area contributed by atoms with Gasteiger partial charge in [0, 0.05) is 21.4 Å². The summed E-state index contributed by atoms with van der Waals surface area (Å²) in [6, 6.07) is 13.1. The third-order valence-corrected chi connectivity index (χ3v) is 5.65. The number of benzene rings is 2. The molecule has 5 N–H and O–H groups in total. The van der Waals surface area contributed by atoms with E-state index in [1.54, 1.807) is 17.8 Å². The minimum Gasteiger partial charge on any atom is -0.465 e. The Bertz CT molecular complexity index is 976. The fourth-order valence-corrected chi connectivity index (χ4v) is 3.79. The lowest BCUT2D eigenvalue weighted by Gasteiger charge is -2.20. The van der Waals surface area contributed by atoms with E-state index in [1.165, 1.54) is 16.2 Å². The van der Waals surface area contributed by atoms with Crippen molar-refractivity contribution in [2.75, 3.05) is 11.3 Å². The molecule has 0 saturated heterocycles. The molecule has 0 aliphatic heterocycles. The van der Waals surface area contributed by atoms with Gasteiger partial charge in [0.05, 0.1) is 11.4 Å². The number of urea groups is 1. The van der Waals surface area contributed by atoms with Crippen molar-refractivity contribution in [3.8, 4) is 16.5 Å². The molecule has 9 heteroatoms. The van der Waals surface area contributed by atoms with Crippen molar-refractivity contribution in [1.82, 2.24) is 10.4 Å². The predicted octanol–water partition coefficient (Wildman–Crippen LogP) is 3.68. The fourth-order valence-electron chi connectivity index (χ4n) is 2.65. The first-order valence-corrected chi connectivity index (χ1v) is 10.5. The van der Waals surface area contributed by atoms with Gasteiger partial charge in [-0.1, -0.05) is 35.6 Å². The number of carbonyl (C=O) groups excluding carboxylic acids is 1. The number of amides is 2. The lowest BCUT2D eigenvalue weighted by Crippen LogP contribution is -2.48. The largest absolute Gasteiger partial charge is 0.465 e. The van der Waals surface area contributed by atoms with Crippen LogP contribution in [-0.2, 0) is 6.61 Å². The molecule has 0 spiro atoms. The molecule has 0 aliphatic carbocycles. The summed E-state index contributed by atoms with van der Waals surface area (Å²) in [5.41, 5.74) is 6.19. The van der Waals surface area contributed by atoms with Gasteiger partial charge in [-0.15, -0.1) is 11.8 Å². The standard InChI is InChI=1S/C19H21N5O2S2/c1-12-5-3-8-17(24(21)18(25)23-20)15(12)10-26-19-22-16(11-28-19)13-6-4-7-14(9-13)27-2/h3-9,11H,10,20-21H2,1-2H3,(H,23,25). The number of aryl methyl sites for hydroxylation is 1. The predicted molar refractivity (Wildman–Crippen MR) is 114 cm³/mol. The molecular weight excluding hydrogens is 394 g/mol. The number of hydrogen-bond acceptors (Lipinski definition) is 7. The Balaban J connectivity index is 1.78. The SMILES string of the molecule is CSc1cccc(-c2csc(OCc3c(C)cccc3N(N)C(=O)NN)n2)c1. The topological polar surface area (TPSA) is 106 Å². The van der Waals surface area contributed by atoms with Gasteiger partial charge in [0.15, 0.2) is 0 Å². The number of thiazole rings is 1. The molecule has 0 bridgehead atoms. The third kappa shape index (κ3) is 4.45. The van der Waals surface area contributed by atoms with Gasteiger partial charge < -0.3 is 4.74 Å². The van der Waals surface area contributed by atoms with Crippen LogP contribution in [0.5, 0.6) is 5.19 Å². The summed E-state index contributed by atoms with van der Waals surface area (Å²) in [7, 11) is 0. The number of carbonyl (C=O) groups is 1. The minimum absolute atomic E-state index is 0.228. The van der Waals surface area contributed by atoms with Gasteiger partial charge in [0.2, 0.25) is 0 Å². The van der Waals surface area contributed by atoms with Gasteiger partial charge in [0.1, 0.15) is 6.61 Å². The fraction of sp³-hybridized carbons (Fsp3) is 0.158. The average Bonchev–Trinajstić information content (AvgIpc) is 3.20.